The summed E-state index contributed by atoms with van der Waals surface area (Å²) in [4.78, 5) is 53.0. The summed E-state index contributed by atoms with van der Waals surface area (Å²) in [6.07, 6.45) is 0.251. The molecule has 0 N–H and O–H groups in total. The Kier molecular flexibility index (Phi) is 5.41. The normalized spacial score (nSPS) is 19.7. The molecule has 0 aliphatic carbocycles. The Morgan fingerprint density at radius 2 is 1.84 bits per heavy atom. The number of nitrogens with zero attached hydrogens (tertiary/aromatic N) is 3. The number of amides is 2. The molecule has 0 spiro atoms. The van der Waals surface area contributed by atoms with Gasteiger partial charge in [-0.25, -0.2) is 4.79 Å². The summed E-state index contributed by atoms with van der Waals surface area (Å²) in [6, 6.07) is 12.5. The van der Waals surface area contributed by atoms with Crippen molar-refractivity contribution in [3.8, 4) is 0 Å². The molecule has 0 aromatic heterocycles. The Morgan fingerprint density at radius 1 is 1.16 bits per heavy atom. The van der Waals surface area contributed by atoms with Crippen molar-refractivity contribution in [3.63, 3.8) is 0 Å². The number of para-hydroxylation sites is 1. The maximum Gasteiger partial charge on any atom is 0.354 e. The minimum atomic E-state index is -1.55. The molecule has 0 saturated carbocycles. The highest BCUT2D eigenvalue weighted by Gasteiger charge is 2.61. The van der Waals surface area contributed by atoms with Gasteiger partial charge in [-0.05, 0) is 35.7 Å². The minimum absolute atomic E-state index is 0.0566. The number of benzene rings is 2. The van der Waals surface area contributed by atoms with Gasteiger partial charge in [-0.15, -0.1) is 0 Å². The number of anilines is 1. The van der Waals surface area contributed by atoms with Crippen LogP contribution in [0.1, 0.15) is 42.6 Å². The third kappa shape index (κ3) is 3.39. The SMILES string of the molecule is CC(C)CN1C(=O)c2ccccc2N2C(=O)CC[C@]12C(=O)OCc1ccc([N+](=O)[O-])cc1. The fourth-order valence-electron chi connectivity index (χ4n) is 4.34. The van der Waals surface area contributed by atoms with Gasteiger partial charge in [-0.1, -0.05) is 26.0 Å². The van der Waals surface area contributed by atoms with Crippen molar-refractivity contribution in [2.24, 2.45) is 5.92 Å². The van der Waals surface area contributed by atoms with Crippen molar-refractivity contribution < 1.29 is 24.0 Å². The molecule has 2 aromatic carbocycles. The van der Waals surface area contributed by atoms with Crippen LogP contribution in [0.5, 0.6) is 0 Å². The first-order valence-electron chi connectivity index (χ1n) is 10.4. The molecular weight excluding hydrogens is 414 g/mol. The highest BCUT2D eigenvalue weighted by Crippen LogP contribution is 2.45. The number of ether oxygens (including phenoxy) is 1. The molecule has 9 nitrogen and oxygen atoms in total. The van der Waals surface area contributed by atoms with Gasteiger partial charge in [-0.2, -0.15) is 0 Å². The molecule has 9 heteroatoms. The predicted molar refractivity (Wildman–Crippen MR) is 115 cm³/mol. The number of hydrogen-bond donors (Lipinski definition) is 0. The Balaban J connectivity index is 1.69. The van der Waals surface area contributed by atoms with Gasteiger partial charge in [0.1, 0.15) is 6.61 Å². The van der Waals surface area contributed by atoms with E-state index in [4.69, 9.17) is 4.74 Å². The van der Waals surface area contributed by atoms with E-state index in [1.807, 2.05) is 13.8 Å². The Morgan fingerprint density at radius 3 is 2.50 bits per heavy atom. The van der Waals surface area contributed by atoms with E-state index in [2.05, 4.69) is 0 Å². The average molecular weight is 437 g/mol. The molecule has 2 aliphatic heterocycles. The van der Waals surface area contributed by atoms with Crippen molar-refractivity contribution in [2.45, 2.75) is 39.0 Å². The number of fused-ring (bicyclic) bond motifs is 3. The number of rotatable bonds is 6. The molecule has 2 heterocycles. The summed E-state index contributed by atoms with van der Waals surface area (Å²) in [7, 11) is 0. The first-order valence-corrected chi connectivity index (χ1v) is 10.4. The van der Waals surface area contributed by atoms with Crippen molar-refractivity contribution in [2.75, 3.05) is 11.4 Å². The summed E-state index contributed by atoms with van der Waals surface area (Å²) < 4.78 is 5.60. The summed E-state index contributed by atoms with van der Waals surface area (Å²) in [6.45, 7) is 4.02. The third-order valence-electron chi connectivity index (χ3n) is 5.77. The third-order valence-corrected chi connectivity index (χ3v) is 5.77. The maximum absolute atomic E-state index is 13.5. The van der Waals surface area contributed by atoms with Crippen LogP contribution in [0.15, 0.2) is 48.5 Å². The van der Waals surface area contributed by atoms with E-state index in [1.165, 1.54) is 34.1 Å². The van der Waals surface area contributed by atoms with Crippen molar-refractivity contribution in [3.05, 3.63) is 69.8 Å². The average Bonchev–Trinajstić information content (AvgIpc) is 3.13. The molecule has 2 aromatic rings. The van der Waals surface area contributed by atoms with Gasteiger partial charge in [0, 0.05) is 31.5 Å². The lowest BCUT2D eigenvalue weighted by atomic mass is 9.95. The van der Waals surface area contributed by atoms with Gasteiger partial charge in [0.2, 0.25) is 11.6 Å². The molecule has 0 radical (unpaired) electrons. The van der Waals surface area contributed by atoms with Crippen LogP contribution in [0, 0.1) is 16.0 Å². The number of carbonyl (C=O) groups is 3. The van der Waals surface area contributed by atoms with E-state index in [0.29, 0.717) is 16.8 Å². The molecule has 2 aliphatic rings. The van der Waals surface area contributed by atoms with Crippen molar-refractivity contribution in [1.29, 1.82) is 0 Å². The molecule has 1 atom stereocenters. The van der Waals surface area contributed by atoms with E-state index < -0.39 is 16.6 Å². The summed E-state index contributed by atoms with van der Waals surface area (Å²) in [5, 5.41) is 10.8. The molecule has 4 rings (SSSR count). The number of esters is 1. The number of nitro groups is 1. The summed E-state index contributed by atoms with van der Waals surface area (Å²) in [5.74, 6) is -1.19. The lowest BCUT2D eigenvalue weighted by molar-refractivity contribution is -0.384. The lowest BCUT2D eigenvalue weighted by Gasteiger charge is -2.48. The zero-order chi connectivity index (χ0) is 23.0. The predicted octanol–water partition coefficient (Wildman–Crippen LogP) is 3.27. The van der Waals surface area contributed by atoms with Crippen LogP contribution in [-0.4, -0.2) is 39.8 Å². The quantitative estimate of drug-likeness (QED) is 0.390. The van der Waals surface area contributed by atoms with Crippen LogP contribution in [0.25, 0.3) is 0 Å². The second kappa shape index (κ2) is 8.07. The van der Waals surface area contributed by atoms with E-state index in [9.17, 15) is 24.5 Å². The van der Waals surface area contributed by atoms with Crippen molar-refractivity contribution >= 4 is 29.2 Å². The van der Waals surface area contributed by atoms with Crippen LogP contribution >= 0.6 is 0 Å². The largest absolute Gasteiger partial charge is 0.458 e. The number of hydrogen-bond acceptors (Lipinski definition) is 6. The second-order valence-electron chi connectivity index (χ2n) is 8.37. The Hall–Kier alpha value is -3.75. The first-order chi connectivity index (χ1) is 15.3. The highest BCUT2D eigenvalue weighted by atomic mass is 16.6. The van der Waals surface area contributed by atoms with Crippen LogP contribution in [-0.2, 0) is 20.9 Å². The molecule has 166 valence electrons. The van der Waals surface area contributed by atoms with E-state index in [-0.39, 0.29) is 49.4 Å². The standard InChI is InChI=1S/C23H23N3O6/c1-15(2)13-24-21(28)18-5-3-4-6-19(18)25-20(27)11-12-23(24,25)22(29)32-14-16-7-9-17(10-8-16)26(30)31/h3-10,15H,11-14H2,1-2H3/t23-/m0/s1. The number of non-ortho nitro benzene ring substituents is 1. The fourth-order valence-corrected chi connectivity index (χ4v) is 4.34. The maximum atomic E-state index is 13.5. The van der Waals surface area contributed by atoms with Crippen LogP contribution in [0.2, 0.25) is 0 Å². The molecule has 0 unspecified atom stereocenters. The van der Waals surface area contributed by atoms with Gasteiger partial charge in [-0.3, -0.25) is 24.6 Å². The van der Waals surface area contributed by atoms with E-state index >= 15 is 0 Å². The van der Waals surface area contributed by atoms with Gasteiger partial charge >= 0.3 is 5.97 Å². The highest BCUT2D eigenvalue weighted by molar-refractivity contribution is 6.15. The zero-order valence-corrected chi connectivity index (χ0v) is 17.8. The Bertz CT molecular complexity index is 1100. The fraction of sp³-hybridized carbons (Fsp3) is 0.348. The monoisotopic (exact) mass is 437 g/mol. The van der Waals surface area contributed by atoms with Crippen molar-refractivity contribution in [1.82, 2.24) is 4.90 Å². The first kappa shape index (κ1) is 21.5. The van der Waals surface area contributed by atoms with Gasteiger partial charge in [0.25, 0.3) is 11.6 Å². The van der Waals surface area contributed by atoms with Gasteiger partial charge < -0.3 is 9.64 Å². The molecule has 2 amide bonds. The lowest BCUT2D eigenvalue weighted by Crippen LogP contribution is -2.69. The minimum Gasteiger partial charge on any atom is -0.458 e. The smallest absolute Gasteiger partial charge is 0.354 e. The molecule has 1 fully saturated rings. The van der Waals surface area contributed by atoms with Crippen LogP contribution in [0.4, 0.5) is 11.4 Å². The molecular formula is C23H23N3O6. The topological polar surface area (TPSA) is 110 Å². The second-order valence-corrected chi connectivity index (χ2v) is 8.37. The summed E-state index contributed by atoms with van der Waals surface area (Å²) in [5.41, 5.74) is -0.263. The molecule has 0 bridgehead atoms. The summed E-state index contributed by atoms with van der Waals surface area (Å²) >= 11 is 0. The van der Waals surface area contributed by atoms with E-state index in [1.54, 1.807) is 24.3 Å². The van der Waals surface area contributed by atoms with Crippen LogP contribution < -0.4 is 4.90 Å². The van der Waals surface area contributed by atoms with E-state index in [0.717, 1.165) is 0 Å². The van der Waals surface area contributed by atoms with Crippen LogP contribution in [0.3, 0.4) is 0 Å². The molecule has 1 saturated heterocycles. The van der Waals surface area contributed by atoms with Gasteiger partial charge in [0.05, 0.1) is 16.2 Å². The zero-order valence-electron chi connectivity index (χ0n) is 17.8. The number of carbonyl (C=O) groups excluding carboxylic acids is 3. The number of nitro benzene ring substituents is 1. The van der Waals surface area contributed by atoms with Gasteiger partial charge in [0.15, 0.2) is 0 Å². The molecule has 32 heavy (non-hydrogen) atoms. The Labute approximate surface area is 184 Å².